The molecule has 0 radical (unpaired) electrons. The van der Waals surface area contributed by atoms with E-state index < -0.39 is 11.6 Å². The smallest absolute Gasteiger partial charge is 0.223 e. The molecule has 2 aliphatic rings. The maximum absolute atomic E-state index is 13.8. The van der Waals surface area contributed by atoms with Gasteiger partial charge in [-0.2, -0.15) is 0 Å². The standard InChI is InChI=1S/C17H23F2N3O/c18-14-5-2-6-15(19)16(14)22-8-7-13(10-22)21-17(23)11-3-1-4-12(20)9-11/h2,5-6,11-13H,1,3-4,7-10,20H2,(H,21,23). The molecule has 1 heterocycles. The number of para-hydroxylation sites is 1. The Hall–Kier alpha value is -1.69. The Balaban J connectivity index is 1.58. The molecule has 23 heavy (non-hydrogen) atoms. The van der Waals surface area contributed by atoms with E-state index in [1.54, 1.807) is 4.90 Å². The molecule has 126 valence electrons. The Morgan fingerprint density at radius 1 is 1.22 bits per heavy atom. The van der Waals surface area contributed by atoms with E-state index in [1.165, 1.54) is 18.2 Å². The first-order valence-electron chi connectivity index (χ1n) is 8.29. The molecule has 1 aromatic rings. The van der Waals surface area contributed by atoms with E-state index in [0.717, 1.165) is 25.7 Å². The third kappa shape index (κ3) is 3.63. The highest BCUT2D eigenvalue weighted by Gasteiger charge is 2.31. The minimum absolute atomic E-state index is 0.00365. The van der Waals surface area contributed by atoms with E-state index in [0.29, 0.717) is 19.5 Å². The van der Waals surface area contributed by atoms with Crippen molar-refractivity contribution in [3.63, 3.8) is 0 Å². The summed E-state index contributed by atoms with van der Waals surface area (Å²) in [7, 11) is 0. The highest BCUT2D eigenvalue weighted by molar-refractivity contribution is 5.79. The summed E-state index contributed by atoms with van der Waals surface area (Å²) in [6.07, 6.45) is 4.25. The van der Waals surface area contributed by atoms with Gasteiger partial charge < -0.3 is 16.0 Å². The van der Waals surface area contributed by atoms with Gasteiger partial charge >= 0.3 is 0 Å². The first kappa shape index (κ1) is 16.2. The van der Waals surface area contributed by atoms with Crippen LogP contribution in [-0.2, 0) is 4.79 Å². The first-order valence-corrected chi connectivity index (χ1v) is 8.29. The number of anilines is 1. The number of carbonyl (C=O) groups is 1. The van der Waals surface area contributed by atoms with Crippen molar-refractivity contribution in [1.82, 2.24) is 5.32 Å². The third-order valence-corrected chi connectivity index (χ3v) is 4.87. The zero-order chi connectivity index (χ0) is 16.4. The predicted molar refractivity (Wildman–Crippen MR) is 85.1 cm³/mol. The Morgan fingerprint density at radius 2 is 1.96 bits per heavy atom. The Kier molecular flexibility index (Phi) is 4.80. The molecule has 0 bridgehead atoms. The summed E-state index contributed by atoms with van der Waals surface area (Å²) in [6, 6.07) is 3.91. The predicted octanol–water partition coefficient (Wildman–Crippen LogP) is 2.18. The fourth-order valence-corrected chi connectivity index (χ4v) is 3.66. The summed E-state index contributed by atoms with van der Waals surface area (Å²) in [6.45, 7) is 0.968. The molecule has 1 saturated carbocycles. The van der Waals surface area contributed by atoms with Crippen LogP contribution in [0.2, 0.25) is 0 Å². The second-order valence-electron chi connectivity index (χ2n) is 6.63. The van der Waals surface area contributed by atoms with Crippen molar-refractivity contribution in [2.75, 3.05) is 18.0 Å². The van der Waals surface area contributed by atoms with Crippen LogP contribution in [0.15, 0.2) is 18.2 Å². The number of hydrogen-bond acceptors (Lipinski definition) is 3. The minimum Gasteiger partial charge on any atom is -0.365 e. The summed E-state index contributed by atoms with van der Waals surface area (Å²) in [5, 5.41) is 3.03. The van der Waals surface area contributed by atoms with Gasteiger partial charge in [0.15, 0.2) is 0 Å². The molecule has 1 aromatic carbocycles. The van der Waals surface area contributed by atoms with Gasteiger partial charge in [-0.1, -0.05) is 12.5 Å². The number of rotatable bonds is 3. The topological polar surface area (TPSA) is 58.4 Å². The van der Waals surface area contributed by atoms with E-state index in [2.05, 4.69) is 5.32 Å². The summed E-state index contributed by atoms with van der Waals surface area (Å²) < 4.78 is 27.7. The van der Waals surface area contributed by atoms with Crippen molar-refractivity contribution in [2.45, 2.75) is 44.2 Å². The van der Waals surface area contributed by atoms with Gasteiger partial charge in [0.05, 0.1) is 0 Å². The molecular weight excluding hydrogens is 300 g/mol. The molecule has 3 rings (SSSR count). The Bertz CT molecular complexity index is 561. The lowest BCUT2D eigenvalue weighted by molar-refractivity contribution is -0.126. The molecule has 1 amide bonds. The van der Waals surface area contributed by atoms with Gasteiger partial charge in [0, 0.05) is 31.1 Å². The van der Waals surface area contributed by atoms with Crippen molar-refractivity contribution in [1.29, 1.82) is 0 Å². The third-order valence-electron chi connectivity index (χ3n) is 4.87. The number of carbonyl (C=O) groups excluding carboxylic acids is 1. The summed E-state index contributed by atoms with van der Waals surface area (Å²) in [5.41, 5.74) is 5.93. The van der Waals surface area contributed by atoms with Crippen LogP contribution in [0.1, 0.15) is 32.1 Å². The SMILES string of the molecule is NC1CCCC(C(=O)NC2CCN(c3c(F)cccc3F)C2)C1. The van der Waals surface area contributed by atoms with Crippen molar-refractivity contribution in [2.24, 2.45) is 11.7 Å². The molecule has 3 N–H and O–H groups in total. The van der Waals surface area contributed by atoms with Gasteiger partial charge in [0.1, 0.15) is 17.3 Å². The van der Waals surface area contributed by atoms with Gasteiger partial charge in [-0.05, 0) is 37.8 Å². The number of amides is 1. The number of hydrogen-bond donors (Lipinski definition) is 2. The van der Waals surface area contributed by atoms with Crippen molar-refractivity contribution < 1.29 is 13.6 Å². The lowest BCUT2D eigenvalue weighted by Crippen LogP contribution is -2.43. The fraction of sp³-hybridized carbons (Fsp3) is 0.588. The van der Waals surface area contributed by atoms with Crippen molar-refractivity contribution >= 4 is 11.6 Å². The minimum atomic E-state index is -0.560. The molecule has 1 saturated heterocycles. The van der Waals surface area contributed by atoms with Crippen LogP contribution >= 0.6 is 0 Å². The quantitative estimate of drug-likeness (QED) is 0.896. The lowest BCUT2D eigenvalue weighted by Gasteiger charge is -2.27. The molecular formula is C17H23F2N3O. The van der Waals surface area contributed by atoms with Crippen molar-refractivity contribution in [3.8, 4) is 0 Å². The van der Waals surface area contributed by atoms with Crippen LogP contribution < -0.4 is 16.0 Å². The zero-order valence-electron chi connectivity index (χ0n) is 13.1. The van der Waals surface area contributed by atoms with Crippen LogP contribution in [0.3, 0.4) is 0 Å². The van der Waals surface area contributed by atoms with E-state index in [1.807, 2.05) is 0 Å². The Labute approximate surface area is 135 Å². The highest BCUT2D eigenvalue weighted by Crippen LogP contribution is 2.28. The summed E-state index contributed by atoms with van der Waals surface area (Å²) in [5.74, 6) is -1.12. The number of nitrogens with zero attached hydrogens (tertiary/aromatic N) is 1. The molecule has 4 nitrogen and oxygen atoms in total. The van der Waals surface area contributed by atoms with Crippen LogP contribution in [0.5, 0.6) is 0 Å². The second kappa shape index (κ2) is 6.83. The van der Waals surface area contributed by atoms with Crippen LogP contribution in [-0.4, -0.2) is 31.1 Å². The number of nitrogens with one attached hydrogen (secondary N) is 1. The first-order chi connectivity index (χ1) is 11.0. The average Bonchev–Trinajstić information content (AvgIpc) is 2.95. The van der Waals surface area contributed by atoms with Crippen LogP contribution in [0.25, 0.3) is 0 Å². The molecule has 0 spiro atoms. The molecule has 6 heteroatoms. The molecule has 0 aromatic heterocycles. The number of benzene rings is 1. The lowest BCUT2D eigenvalue weighted by atomic mass is 9.85. The van der Waals surface area contributed by atoms with E-state index in [9.17, 15) is 13.6 Å². The van der Waals surface area contributed by atoms with Gasteiger partial charge in [-0.15, -0.1) is 0 Å². The highest BCUT2D eigenvalue weighted by atomic mass is 19.1. The van der Waals surface area contributed by atoms with Gasteiger partial charge in [-0.25, -0.2) is 8.78 Å². The second-order valence-corrected chi connectivity index (χ2v) is 6.63. The average molecular weight is 323 g/mol. The van der Waals surface area contributed by atoms with Gasteiger partial charge in [-0.3, -0.25) is 4.79 Å². The molecule has 2 fully saturated rings. The van der Waals surface area contributed by atoms with Crippen LogP contribution in [0.4, 0.5) is 14.5 Å². The zero-order valence-corrected chi connectivity index (χ0v) is 13.1. The molecule has 3 atom stereocenters. The van der Waals surface area contributed by atoms with Crippen molar-refractivity contribution in [3.05, 3.63) is 29.8 Å². The summed E-state index contributed by atoms with van der Waals surface area (Å²) >= 11 is 0. The Morgan fingerprint density at radius 3 is 2.65 bits per heavy atom. The summed E-state index contributed by atoms with van der Waals surface area (Å²) in [4.78, 5) is 14.0. The maximum atomic E-state index is 13.8. The monoisotopic (exact) mass is 323 g/mol. The molecule has 1 aliphatic carbocycles. The van der Waals surface area contributed by atoms with Crippen LogP contribution in [0, 0.1) is 17.6 Å². The number of halogens is 2. The van der Waals surface area contributed by atoms with E-state index >= 15 is 0 Å². The number of nitrogens with two attached hydrogens (primary N) is 1. The normalized spacial score (nSPS) is 28.0. The fourth-order valence-electron chi connectivity index (χ4n) is 3.66. The molecule has 3 unspecified atom stereocenters. The van der Waals surface area contributed by atoms with Gasteiger partial charge in [0.25, 0.3) is 0 Å². The van der Waals surface area contributed by atoms with E-state index in [4.69, 9.17) is 5.73 Å². The largest absolute Gasteiger partial charge is 0.365 e. The molecule has 1 aliphatic heterocycles. The van der Waals surface area contributed by atoms with Gasteiger partial charge in [0.2, 0.25) is 5.91 Å². The van der Waals surface area contributed by atoms with E-state index in [-0.39, 0.29) is 29.6 Å². The maximum Gasteiger partial charge on any atom is 0.223 e.